The Balaban J connectivity index is 1.49. The van der Waals surface area contributed by atoms with E-state index in [9.17, 15) is 14.4 Å². The van der Waals surface area contributed by atoms with Gasteiger partial charge in [-0.2, -0.15) is 5.10 Å². The average Bonchev–Trinajstić information content (AvgIpc) is 3.44. The van der Waals surface area contributed by atoms with Crippen molar-refractivity contribution in [3.63, 3.8) is 0 Å². The minimum Gasteiger partial charge on any atom is -0.347 e. The van der Waals surface area contributed by atoms with Gasteiger partial charge in [0, 0.05) is 44.0 Å². The van der Waals surface area contributed by atoms with Crippen molar-refractivity contribution in [3.8, 4) is 0 Å². The zero-order chi connectivity index (χ0) is 23.7. The van der Waals surface area contributed by atoms with Crippen LogP contribution in [0.2, 0.25) is 0 Å². The summed E-state index contributed by atoms with van der Waals surface area (Å²) in [5.41, 5.74) is 5.95. The normalized spacial score (nSPS) is 13.0. The number of amides is 2. The van der Waals surface area contributed by atoms with E-state index in [0.717, 1.165) is 34.5 Å². The largest absolute Gasteiger partial charge is 0.347 e. The van der Waals surface area contributed by atoms with Gasteiger partial charge >= 0.3 is 0 Å². The zero-order valence-electron chi connectivity index (χ0n) is 19.3. The Bertz CT molecular complexity index is 1240. The molecular weight excluding hydrogens is 438 g/mol. The van der Waals surface area contributed by atoms with E-state index >= 15 is 0 Å². The van der Waals surface area contributed by atoms with E-state index < -0.39 is 0 Å². The van der Waals surface area contributed by atoms with E-state index in [-0.39, 0.29) is 17.6 Å². The maximum absolute atomic E-state index is 13.0. The monoisotopic (exact) mass is 465 g/mol. The van der Waals surface area contributed by atoms with Crippen molar-refractivity contribution in [2.24, 2.45) is 7.05 Å². The van der Waals surface area contributed by atoms with Gasteiger partial charge in [0.2, 0.25) is 0 Å². The first kappa shape index (κ1) is 22.8. The Hall–Kier alpha value is -3.33. The van der Waals surface area contributed by atoms with Gasteiger partial charge in [-0.1, -0.05) is 6.92 Å². The fourth-order valence-corrected chi connectivity index (χ4v) is 4.90. The van der Waals surface area contributed by atoms with Gasteiger partial charge in [0.1, 0.15) is 5.69 Å². The van der Waals surface area contributed by atoms with Crippen LogP contribution in [0.5, 0.6) is 0 Å². The average molecular weight is 466 g/mol. The van der Waals surface area contributed by atoms with Crippen molar-refractivity contribution >= 4 is 28.9 Å². The number of Topliss-reactive ketones (excluding diaryl/α,β-unsaturated/α-hetero) is 1. The molecule has 3 aromatic heterocycles. The van der Waals surface area contributed by atoms with Crippen LogP contribution in [-0.2, 0) is 33.0 Å². The molecule has 4 heterocycles. The van der Waals surface area contributed by atoms with Crippen molar-refractivity contribution in [1.82, 2.24) is 25.0 Å². The maximum atomic E-state index is 13.0. The van der Waals surface area contributed by atoms with E-state index in [2.05, 4.69) is 15.4 Å². The van der Waals surface area contributed by atoms with Gasteiger partial charge in [-0.15, -0.1) is 11.3 Å². The first-order valence-electron chi connectivity index (χ1n) is 10.9. The third-order valence-electron chi connectivity index (χ3n) is 6.03. The van der Waals surface area contributed by atoms with Crippen molar-refractivity contribution in [1.29, 1.82) is 0 Å². The number of nitrogens with one attached hydrogen (secondary N) is 1. The molecule has 0 saturated carbocycles. The number of aromatic nitrogens is 3. The Morgan fingerprint density at radius 3 is 2.70 bits per heavy atom. The van der Waals surface area contributed by atoms with E-state index in [1.54, 1.807) is 28.1 Å². The highest BCUT2D eigenvalue weighted by Crippen LogP contribution is 2.26. The van der Waals surface area contributed by atoms with Crippen LogP contribution < -0.4 is 5.32 Å². The molecule has 4 rings (SSSR count). The highest BCUT2D eigenvalue weighted by molar-refractivity contribution is 7.12. The molecule has 0 radical (unpaired) electrons. The van der Waals surface area contributed by atoms with Crippen molar-refractivity contribution in [3.05, 3.63) is 67.9 Å². The predicted octanol–water partition coefficient (Wildman–Crippen LogP) is 3.08. The molecule has 172 valence electrons. The summed E-state index contributed by atoms with van der Waals surface area (Å²) >= 11 is 1.30. The van der Waals surface area contributed by atoms with E-state index in [0.29, 0.717) is 42.2 Å². The summed E-state index contributed by atoms with van der Waals surface area (Å²) in [5.74, 6) is -0.290. The quantitative estimate of drug-likeness (QED) is 0.565. The summed E-state index contributed by atoms with van der Waals surface area (Å²) in [6, 6.07) is 3.48. The van der Waals surface area contributed by atoms with Crippen LogP contribution in [0.1, 0.15) is 72.4 Å². The second kappa shape index (κ2) is 9.27. The molecule has 1 N–H and O–H groups in total. The van der Waals surface area contributed by atoms with Gasteiger partial charge in [0.15, 0.2) is 5.78 Å². The number of fused-ring (bicyclic) bond motifs is 1. The topological polar surface area (TPSA) is 97.2 Å². The molecule has 0 aliphatic carbocycles. The van der Waals surface area contributed by atoms with Crippen LogP contribution in [0.4, 0.5) is 0 Å². The van der Waals surface area contributed by atoms with Crippen LogP contribution >= 0.6 is 11.3 Å². The number of nitrogens with zero attached hydrogens (tertiary/aromatic N) is 4. The molecule has 0 bridgehead atoms. The molecule has 0 saturated heterocycles. The molecule has 3 aromatic rings. The second-order valence-corrected chi connectivity index (χ2v) is 9.15. The number of carbonyl (C=O) groups is 3. The number of rotatable bonds is 6. The van der Waals surface area contributed by atoms with Crippen LogP contribution in [-0.4, -0.2) is 43.8 Å². The van der Waals surface area contributed by atoms with Gasteiger partial charge in [-0.25, -0.2) is 0 Å². The molecule has 1 aliphatic heterocycles. The standard InChI is InChI=1S/C24H27N5O3S/c1-5-18-9-21(28(4)27-18)23(31)26-11-20-14(2)25-10-17-12-29(7-6-19(17)20)24(32)16-8-22(15(3)30)33-13-16/h8-10,13H,5-7,11-12H2,1-4H3,(H,26,31). The van der Waals surface area contributed by atoms with E-state index in [1.165, 1.54) is 18.3 Å². The third kappa shape index (κ3) is 4.59. The number of hydrogen-bond acceptors (Lipinski definition) is 6. The maximum Gasteiger partial charge on any atom is 0.269 e. The molecule has 9 heteroatoms. The molecule has 0 atom stereocenters. The first-order valence-corrected chi connectivity index (χ1v) is 11.8. The lowest BCUT2D eigenvalue weighted by molar-refractivity contribution is 0.0734. The number of thiophene rings is 1. The van der Waals surface area contributed by atoms with E-state index in [1.807, 2.05) is 26.1 Å². The smallest absolute Gasteiger partial charge is 0.269 e. The molecular formula is C24H27N5O3S. The molecule has 0 unspecified atom stereocenters. The summed E-state index contributed by atoms with van der Waals surface area (Å²) in [6.07, 6.45) is 3.27. The van der Waals surface area contributed by atoms with Crippen molar-refractivity contribution in [2.75, 3.05) is 6.54 Å². The lowest BCUT2D eigenvalue weighted by Crippen LogP contribution is -2.37. The fourth-order valence-electron chi connectivity index (χ4n) is 4.12. The number of aryl methyl sites for hydroxylation is 3. The molecule has 1 aliphatic rings. The summed E-state index contributed by atoms with van der Waals surface area (Å²) in [4.78, 5) is 44.2. The lowest BCUT2D eigenvalue weighted by atomic mass is 9.94. The fraction of sp³-hybridized carbons (Fsp3) is 0.375. The molecule has 8 nitrogen and oxygen atoms in total. The van der Waals surface area contributed by atoms with E-state index in [4.69, 9.17) is 0 Å². The third-order valence-corrected chi connectivity index (χ3v) is 7.06. The van der Waals surface area contributed by atoms with Gasteiger partial charge in [0.05, 0.1) is 16.1 Å². The zero-order valence-corrected chi connectivity index (χ0v) is 20.1. The Morgan fingerprint density at radius 2 is 2.03 bits per heavy atom. The lowest BCUT2D eigenvalue weighted by Gasteiger charge is -2.30. The van der Waals surface area contributed by atoms with Gasteiger partial charge in [0.25, 0.3) is 11.8 Å². The predicted molar refractivity (Wildman–Crippen MR) is 125 cm³/mol. The van der Waals surface area contributed by atoms with Crippen LogP contribution in [0.3, 0.4) is 0 Å². The number of hydrogen-bond donors (Lipinski definition) is 1. The highest BCUT2D eigenvalue weighted by Gasteiger charge is 2.26. The molecule has 0 spiro atoms. The first-order chi connectivity index (χ1) is 15.8. The Labute approximate surface area is 196 Å². The summed E-state index contributed by atoms with van der Waals surface area (Å²) in [5, 5.41) is 9.09. The summed E-state index contributed by atoms with van der Waals surface area (Å²) in [6.45, 7) is 6.84. The minimum absolute atomic E-state index is 0.0357. The van der Waals surface area contributed by atoms with Crippen molar-refractivity contribution < 1.29 is 14.4 Å². The number of carbonyl (C=O) groups excluding carboxylic acids is 3. The van der Waals surface area contributed by atoms with Crippen LogP contribution in [0, 0.1) is 6.92 Å². The molecule has 0 aromatic carbocycles. The summed E-state index contributed by atoms with van der Waals surface area (Å²) in [7, 11) is 1.77. The van der Waals surface area contributed by atoms with Gasteiger partial charge in [-0.05, 0) is 55.5 Å². The molecule has 33 heavy (non-hydrogen) atoms. The molecule has 0 fully saturated rings. The number of pyridine rings is 1. The van der Waals surface area contributed by atoms with Gasteiger partial charge in [-0.3, -0.25) is 24.0 Å². The summed E-state index contributed by atoms with van der Waals surface area (Å²) < 4.78 is 1.60. The molecule has 2 amide bonds. The van der Waals surface area contributed by atoms with Crippen molar-refractivity contribution in [2.45, 2.75) is 46.7 Å². The second-order valence-electron chi connectivity index (χ2n) is 8.24. The Morgan fingerprint density at radius 1 is 1.24 bits per heavy atom. The van der Waals surface area contributed by atoms with Crippen LogP contribution in [0.15, 0.2) is 23.7 Å². The Kier molecular flexibility index (Phi) is 6.42. The van der Waals surface area contributed by atoms with Gasteiger partial charge < -0.3 is 10.2 Å². The highest BCUT2D eigenvalue weighted by atomic mass is 32.1. The SMILES string of the molecule is CCc1cc(C(=O)NCc2c(C)ncc3c2CCN(C(=O)c2csc(C(C)=O)c2)C3)n(C)n1. The van der Waals surface area contributed by atoms with Crippen LogP contribution in [0.25, 0.3) is 0 Å². The number of ketones is 1. The minimum atomic E-state index is -0.173.